The molecule has 2 saturated heterocycles. The molecule has 0 aromatic carbocycles. The predicted molar refractivity (Wildman–Crippen MR) is 74.9 cm³/mol. The quantitative estimate of drug-likeness (QED) is 0.830. The van der Waals surface area contributed by atoms with E-state index >= 15 is 0 Å². The van der Waals surface area contributed by atoms with E-state index in [1.807, 2.05) is 4.90 Å². The molecule has 2 fully saturated rings. The van der Waals surface area contributed by atoms with Crippen LogP contribution in [0.1, 0.15) is 10.4 Å². The Morgan fingerprint density at radius 1 is 1.35 bits per heavy atom. The normalized spacial score (nSPS) is 20.6. The molecule has 1 N–H and O–H groups in total. The largest absolute Gasteiger partial charge is 0.480 e. The molecule has 1 amide bonds. The SMILES string of the molecule is COc1ncccc1C(=O)N1CCN(C2CNC2)CC1. The van der Waals surface area contributed by atoms with Gasteiger partial charge in [-0.05, 0) is 12.1 Å². The van der Waals surface area contributed by atoms with E-state index in [-0.39, 0.29) is 5.91 Å². The molecule has 0 aliphatic carbocycles. The van der Waals surface area contributed by atoms with Gasteiger partial charge in [0.1, 0.15) is 5.56 Å². The van der Waals surface area contributed by atoms with Crippen LogP contribution < -0.4 is 10.1 Å². The summed E-state index contributed by atoms with van der Waals surface area (Å²) in [5, 5.41) is 3.29. The summed E-state index contributed by atoms with van der Waals surface area (Å²) in [6.07, 6.45) is 1.64. The number of ether oxygens (including phenoxy) is 1. The summed E-state index contributed by atoms with van der Waals surface area (Å²) in [5.74, 6) is 0.421. The van der Waals surface area contributed by atoms with Gasteiger partial charge in [0.25, 0.3) is 5.91 Å². The fourth-order valence-electron chi connectivity index (χ4n) is 2.71. The molecule has 6 nitrogen and oxygen atoms in total. The molecule has 0 bridgehead atoms. The van der Waals surface area contributed by atoms with Crippen molar-refractivity contribution < 1.29 is 9.53 Å². The molecule has 1 aromatic rings. The van der Waals surface area contributed by atoms with Crippen LogP contribution in [0.2, 0.25) is 0 Å². The second-order valence-corrected chi connectivity index (χ2v) is 5.20. The van der Waals surface area contributed by atoms with Gasteiger partial charge < -0.3 is 15.0 Å². The molecule has 3 rings (SSSR count). The van der Waals surface area contributed by atoms with Gasteiger partial charge in [0.15, 0.2) is 0 Å². The van der Waals surface area contributed by atoms with Gasteiger partial charge in [-0.2, -0.15) is 0 Å². The minimum absolute atomic E-state index is 0.0151. The van der Waals surface area contributed by atoms with E-state index in [1.165, 1.54) is 0 Å². The molecule has 108 valence electrons. The summed E-state index contributed by atoms with van der Waals surface area (Å²) in [6, 6.07) is 4.20. The lowest BCUT2D eigenvalue weighted by molar-refractivity contribution is 0.0499. The molecule has 20 heavy (non-hydrogen) atoms. The highest BCUT2D eigenvalue weighted by molar-refractivity contribution is 5.96. The van der Waals surface area contributed by atoms with Gasteiger partial charge in [-0.15, -0.1) is 0 Å². The number of carbonyl (C=O) groups is 1. The van der Waals surface area contributed by atoms with Crippen LogP contribution in [-0.4, -0.2) is 73.1 Å². The number of hydrogen-bond donors (Lipinski definition) is 1. The molecule has 2 aliphatic rings. The Balaban J connectivity index is 1.63. The summed E-state index contributed by atoms with van der Waals surface area (Å²) in [6.45, 7) is 5.58. The highest BCUT2D eigenvalue weighted by atomic mass is 16.5. The van der Waals surface area contributed by atoms with Crippen molar-refractivity contribution in [2.24, 2.45) is 0 Å². The number of rotatable bonds is 3. The van der Waals surface area contributed by atoms with E-state index in [9.17, 15) is 4.79 Å². The van der Waals surface area contributed by atoms with Crippen molar-refractivity contribution in [3.63, 3.8) is 0 Å². The van der Waals surface area contributed by atoms with Gasteiger partial charge in [0, 0.05) is 51.5 Å². The Bertz CT molecular complexity index is 482. The maximum atomic E-state index is 12.5. The molecule has 0 radical (unpaired) electrons. The number of pyridine rings is 1. The minimum Gasteiger partial charge on any atom is -0.480 e. The summed E-state index contributed by atoms with van der Waals surface area (Å²) in [5.41, 5.74) is 0.550. The molecule has 0 unspecified atom stereocenters. The zero-order chi connectivity index (χ0) is 13.9. The average molecular weight is 276 g/mol. The lowest BCUT2D eigenvalue weighted by Gasteiger charge is -2.43. The minimum atomic E-state index is 0.0151. The molecule has 3 heterocycles. The molecule has 0 saturated carbocycles. The second kappa shape index (κ2) is 5.76. The van der Waals surface area contributed by atoms with E-state index in [0.29, 0.717) is 17.5 Å². The van der Waals surface area contributed by atoms with Crippen molar-refractivity contribution in [1.82, 2.24) is 20.1 Å². The maximum absolute atomic E-state index is 12.5. The number of methoxy groups -OCH3 is 1. The Hall–Kier alpha value is -1.66. The second-order valence-electron chi connectivity index (χ2n) is 5.20. The van der Waals surface area contributed by atoms with Crippen LogP contribution in [-0.2, 0) is 0 Å². The van der Waals surface area contributed by atoms with Crippen molar-refractivity contribution in [2.75, 3.05) is 46.4 Å². The Morgan fingerprint density at radius 2 is 2.10 bits per heavy atom. The van der Waals surface area contributed by atoms with E-state index in [1.54, 1.807) is 25.4 Å². The number of hydrogen-bond acceptors (Lipinski definition) is 5. The zero-order valence-electron chi connectivity index (χ0n) is 11.7. The maximum Gasteiger partial charge on any atom is 0.259 e. The van der Waals surface area contributed by atoms with Crippen LogP contribution in [0.4, 0.5) is 0 Å². The smallest absolute Gasteiger partial charge is 0.259 e. The standard InChI is InChI=1S/C14H20N4O2/c1-20-13-12(3-2-4-16-13)14(19)18-7-5-17(6-8-18)11-9-15-10-11/h2-4,11,15H,5-10H2,1H3. The first-order valence-electron chi connectivity index (χ1n) is 7.02. The van der Waals surface area contributed by atoms with Gasteiger partial charge in [0.05, 0.1) is 7.11 Å². The van der Waals surface area contributed by atoms with E-state index in [2.05, 4.69) is 15.2 Å². The topological polar surface area (TPSA) is 57.7 Å². The van der Waals surface area contributed by atoms with E-state index < -0.39 is 0 Å². The van der Waals surface area contributed by atoms with Crippen LogP contribution in [0, 0.1) is 0 Å². The van der Waals surface area contributed by atoms with Crippen LogP contribution in [0.3, 0.4) is 0 Å². The number of aromatic nitrogens is 1. The molecule has 6 heteroatoms. The van der Waals surface area contributed by atoms with Gasteiger partial charge in [-0.25, -0.2) is 4.98 Å². The number of piperazine rings is 1. The first kappa shape index (κ1) is 13.3. The fourth-order valence-corrected chi connectivity index (χ4v) is 2.71. The van der Waals surface area contributed by atoms with Gasteiger partial charge in [0.2, 0.25) is 5.88 Å². The number of carbonyl (C=O) groups excluding carboxylic acids is 1. The fraction of sp³-hybridized carbons (Fsp3) is 0.571. The Labute approximate surface area is 118 Å². The Kier molecular flexibility index (Phi) is 3.84. The third-order valence-electron chi connectivity index (χ3n) is 4.07. The molecular formula is C14H20N4O2. The first-order chi connectivity index (χ1) is 9.79. The summed E-state index contributed by atoms with van der Waals surface area (Å²) >= 11 is 0. The number of amides is 1. The van der Waals surface area contributed by atoms with Crippen molar-refractivity contribution in [3.05, 3.63) is 23.9 Å². The first-order valence-corrected chi connectivity index (χ1v) is 7.02. The number of nitrogens with one attached hydrogen (secondary N) is 1. The molecule has 0 atom stereocenters. The highest BCUT2D eigenvalue weighted by Gasteiger charge is 2.30. The predicted octanol–water partition coefficient (Wildman–Crippen LogP) is -0.180. The van der Waals surface area contributed by atoms with Crippen LogP contribution in [0.5, 0.6) is 5.88 Å². The van der Waals surface area contributed by atoms with Crippen molar-refractivity contribution >= 4 is 5.91 Å². The molecule has 0 spiro atoms. The summed E-state index contributed by atoms with van der Waals surface area (Å²) in [7, 11) is 1.54. The average Bonchev–Trinajstić information content (AvgIpc) is 2.45. The van der Waals surface area contributed by atoms with Gasteiger partial charge in [-0.3, -0.25) is 9.69 Å². The van der Waals surface area contributed by atoms with Crippen molar-refractivity contribution in [3.8, 4) is 5.88 Å². The molecule has 2 aliphatic heterocycles. The van der Waals surface area contributed by atoms with Crippen LogP contribution in [0.15, 0.2) is 18.3 Å². The van der Waals surface area contributed by atoms with E-state index in [4.69, 9.17) is 4.74 Å². The van der Waals surface area contributed by atoms with Crippen molar-refractivity contribution in [1.29, 1.82) is 0 Å². The zero-order valence-corrected chi connectivity index (χ0v) is 11.7. The third-order valence-corrected chi connectivity index (χ3v) is 4.07. The number of nitrogens with zero attached hydrogens (tertiary/aromatic N) is 3. The van der Waals surface area contributed by atoms with Crippen LogP contribution >= 0.6 is 0 Å². The lowest BCUT2D eigenvalue weighted by atomic mass is 10.1. The lowest BCUT2D eigenvalue weighted by Crippen LogP contribution is -2.62. The van der Waals surface area contributed by atoms with Gasteiger partial charge >= 0.3 is 0 Å². The van der Waals surface area contributed by atoms with E-state index in [0.717, 1.165) is 39.3 Å². The Morgan fingerprint density at radius 3 is 2.70 bits per heavy atom. The molecular weight excluding hydrogens is 256 g/mol. The summed E-state index contributed by atoms with van der Waals surface area (Å²) < 4.78 is 5.17. The highest BCUT2D eigenvalue weighted by Crippen LogP contribution is 2.18. The summed E-state index contributed by atoms with van der Waals surface area (Å²) in [4.78, 5) is 21.0. The molecule has 1 aromatic heterocycles. The monoisotopic (exact) mass is 276 g/mol. The van der Waals surface area contributed by atoms with Gasteiger partial charge in [-0.1, -0.05) is 0 Å². The third kappa shape index (κ3) is 2.48. The van der Waals surface area contributed by atoms with Crippen LogP contribution in [0.25, 0.3) is 0 Å². The van der Waals surface area contributed by atoms with Crippen molar-refractivity contribution in [2.45, 2.75) is 6.04 Å².